The van der Waals surface area contributed by atoms with Gasteiger partial charge in [0.2, 0.25) is 17.2 Å². The summed E-state index contributed by atoms with van der Waals surface area (Å²) in [7, 11) is 0. The molecular formula is C33H62ClN7. The first-order valence-corrected chi connectivity index (χ1v) is 17.0. The zero-order valence-corrected chi connectivity index (χ0v) is 28.9. The molecule has 0 spiro atoms. The second-order valence-corrected chi connectivity index (χ2v) is 16.0. The predicted octanol–water partition coefficient (Wildman–Crippen LogP) is 7.92. The number of rotatable bonds is 14. The normalized spacial score (nSPS) is 22.0. The van der Waals surface area contributed by atoms with Crippen LogP contribution in [-0.4, -0.2) is 62.3 Å². The molecule has 0 unspecified atom stereocenters. The molecule has 41 heavy (non-hydrogen) atoms. The first kappa shape index (κ1) is 34.3. The van der Waals surface area contributed by atoms with Gasteiger partial charge in [0.15, 0.2) is 0 Å². The molecular weight excluding hydrogens is 530 g/mol. The quantitative estimate of drug-likeness (QED) is 0.213. The van der Waals surface area contributed by atoms with Crippen molar-refractivity contribution < 1.29 is 0 Å². The Balaban J connectivity index is 2.00. The third-order valence-electron chi connectivity index (χ3n) is 8.82. The lowest BCUT2D eigenvalue weighted by Gasteiger charge is -2.50. The van der Waals surface area contributed by atoms with Gasteiger partial charge in [0.1, 0.15) is 0 Å². The second-order valence-electron chi connectivity index (χ2n) is 15.6. The zero-order valence-electron chi connectivity index (χ0n) is 28.2. The lowest BCUT2D eigenvalue weighted by atomic mass is 9.79. The SMILES string of the molecule is CCCCCCN(c1nc(Cl)nc(N(CCCCCC)C2CC(C)(C)NC(C)(C)C2)n1)C1CC(C)(C)NC(C)(C)C1. The number of halogens is 1. The molecule has 0 radical (unpaired) electrons. The highest BCUT2D eigenvalue weighted by Gasteiger charge is 2.42. The monoisotopic (exact) mass is 591 g/mol. The van der Waals surface area contributed by atoms with Gasteiger partial charge in [-0.05, 0) is 106 Å². The van der Waals surface area contributed by atoms with Crippen molar-refractivity contribution in [2.45, 2.75) is 181 Å². The maximum atomic E-state index is 6.77. The third-order valence-corrected chi connectivity index (χ3v) is 8.99. The van der Waals surface area contributed by atoms with Crippen molar-refractivity contribution in [2.24, 2.45) is 0 Å². The molecule has 0 aliphatic carbocycles. The molecule has 7 nitrogen and oxygen atoms in total. The summed E-state index contributed by atoms with van der Waals surface area (Å²) in [5.74, 6) is 1.50. The standard InChI is InChI=1S/C33H62ClN7/c1-11-13-15-17-19-40(25-21-30(3,4)38-31(5,6)22-25)28-35-27(34)36-29(37-28)41(20-18-16-14-12-2)26-23-32(7,8)39-33(9,10)24-26/h25-26,38-39H,11-24H2,1-10H3. The number of hydrogen-bond donors (Lipinski definition) is 2. The highest BCUT2D eigenvalue weighted by atomic mass is 35.5. The Morgan fingerprint density at radius 1 is 0.585 bits per heavy atom. The van der Waals surface area contributed by atoms with E-state index in [0.717, 1.165) is 63.5 Å². The molecule has 0 amide bonds. The maximum Gasteiger partial charge on any atom is 0.231 e. The van der Waals surface area contributed by atoms with Crippen molar-refractivity contribution in [1.82, 2.24) is 25.6 Å². The molecule has 0 aromatic carbocycles. The summed E-state index contributed by atoms with van der Waals surface area (Å²) in [5.41, 5.74) is 0.132. The largest absolute Gasteiger partial charge is 0.338 e. The topological polar surface area (TPSA) is 69.2 Å². The van der Waals surface area contributed by atoms with E-state index in [9.17, 15) is 0 Å². The molecule has 1 aromatic heterocycles. The van der Waals surface area contributed by atoms with Gasteiger partial charge >= 0.3 is 0 Å². The van der Waals surface area contributed by atoms with Crippen LogP contribution in [0.2, 0.25) is 5.28 Å². The average molecular weight is 592 g/mol. The Bertz CT molecular complexity index is 857. The number of nitrogens with zero attached hydrogens (tertiary/aromatic N) is 5. The van der Waals surface area contributed by atoms with Gasteiger partial charge in [0.05, 0.1) is 0 Å². The second kappa shape index (κ2) is 14.1. The highest BCUT2D eigenvalue weighted by Crippen LogP contribution is 2.36. The summed E-state index contributed by atoms with van der Waals surface area (Å²) >= 11 is 6.77. The Morgan fingerprint density at radius 2 is 0.927 bits per heavy atom. The first-order chi connectivity index (χ1) is 19.1. The highest BCUT2D eigenvalue weighted by molar-refractivity contribution is 6.28. The number of unbranched alkanes of at least 4 members (excludes halogenated alkanes) is 6. The number of nitrogens with one attached hydrogen (secondary N) is 2. The van der Waals surface area contributed by atoms with Crippen molar-refractivity contribution in [3.05, 3.63) is 5.28 Å². The molecule has 0 saturated carbocycles. The van der Waals surface area contributed by atoms with Crippen molar-refractivity contribution in [3.63, 3.8) is 0 Å². The molecule has 2 fully saturated rings. The van der Waals surface area contributed by atoms with E-state index in [0.29, 0.717) is 17.4 Å². The summed E-state index contributed by atoms with van der Waals surface area (Å²) in [4.78, 5) is 19.8. The molecule has 2 aliphatic rings. The zero-order chi connectivity index (χ0) is 30.5. The van der Waals surface area contributed by atoms with E-state index >= 15 is 0 Å². The van der Waals surface area contributed by atoms with Crippen LogP contribution in [0.5, 0.6) is 0 Å². The van der Waals surface area contributed by atoms with Crippen molar-refractivity contribution in [1.29, 1.82) is 0 Å². The maximum absolute atomic E-state index is 6.77. The van der Waals surface area contributed by atoms with Crippen LogP contribution >= 0.6 is 11.6 Å². The van der Waals surface area contributed by atoms with Crippen LogP contribution < -0.4 is 20.4 Å². The lowest BCUT2D eigenvalue weighted by molar-refractivity contribution is 0.157. The van der Waals surface area contributed by atoms with E-state index in [1.165, 1.54) is 38.5 Å². The Hall–Kier alpha value is -1.18. The third kappa shape index (κ3) is 10.5. The summed E-state index contributed by atoms with van der Waals surface area (Å²) in [6, 6.07) is 0.674. The first-order valence-electron chi connectivity index (χ1n) is 16.6. The van der Waals surface area contributed by atoms with Crippen molar-refractivity contribution >= 4 is 23.5 Å². The fraction of sp³-hybridized carbons (Fsp3) is 0.909. The van der Waals surface area contributed by atoms with Crippen LogP contribution in [0.4, 0.5) is 11.9 Å². The van der Waals surface area contributed by atoms with E-state index < -0.39 is 0 Å². The number of aromatic nitrogens is 3. The van der Waals surface area contributed by atoms with E-state index in [4.69, 9.17) is 26.6 Å². The van der Waals surface area contributed by atoms with Crippen LogP contribution in [0, 0.1) is 0 Å². The number of piperidine rings is 2. The van der Waals surface area contributed by atoms with Gasteiger partial charge in [-0.25, -0.2) is 0 Å². The van der Waals surface area contributed by atoms with E-state index in [2.05, 4.69) is 89.7 Å². The average Bonchev–Trinajstić information content (AvgIpc) is 2.79. The van der Waals surface area contributed by atoms with Gasteiger partial charge < -0.3 is 20.4 Å². The molecule has 1 aromatic rings. The van der Waals surface area contributed by atoms with Gasteiger partial charge in [-0.2, -0.15) is 15.0 Å². The number of anilines is 2. The van der Waals surface area contributed by atoms with Gasteiger partial charge in [-0.3, -0.25) is 0 Å². The predicted molar refractivity (Wildman–Crippen MR) is 176 cm³/mol. The van der Waals surface area contributed by atoms with E-state index in [1.54, 1.807) is 0 Å². The molecule has 2 saturated heterocycles. The summed E-state index contributed by atoms with van der Waals surface area (Å²) in [6.45, 7) is 25.0. The molecule has 3 rings (SSSR count). The van der Waals surface area contributed by atoms with Crippen LogP contribution in [0.25, 0.3) is 0 Å². The minimum atomic E-state index is 0.0331. The molecule has 236 valence electrons. The Morgan fingerprint density at radius 3 is 1.24 bits per heavy atom. The van der Waals surface area contributed by atoms with Crippen LogP contribution in [0.3, 0.4) is 0 Å². The van der Waals surface area contributed by atoms with Gasteiger partial charge in [-0.15, -0.1) is 0 Å². The van der Waals surface area contributed by atoms with Crippen LogP contribution in [0.1, 0.15) is 146 Å². The number of hydrogen-bond acceptors (Lipinski definition) is 7. The lowest BCUT2D eigenvalue weighted by Crippen LogP contribution is -2.63. The molecule has 2 aliphatic heterocycles. The minimum Gasteiger partial charge on any atom is -0.338 e. The van der Waals surface area contributed by atoms with Gasteiger partial charge in [0.25, 0.3) is 0 Å². The summed E-state index contributed by atoms with van der Waals surface area (Å²) in [6.07, 6.45) is 13.8. The van der Waals surface area contributed by atoms with E-state index in [-0.39, 0.29) is 22.2 Å². The molecule has 8 heteroatoms. The smallest absolute Gasteiger partial charge is 0.231 e. The minimum absolute atomic E-state index is 0.0331. The van der Waals surface area contributed by atoms with Crippen molar-refractivity contribution in [2.75, 3.05) is 22.9 Å². The fourth-order valence-electron chi connectivity index (χ4n) is 7.87. The molecule has 0 bridgehead atoms. The molecule has 2 N–H and O–H groups in total. The summed E-state index contributed by atoms with van der Waals surface area (Å²) < 4.78 is 0. The Kier molecular flexibility index (Phi) is 11.8. The fourth-order valence-corrected chi connectivity index (χ4v) is 8.02. The molecule has 3 heterocycles. The van der Waals surface area contributed by atoms with Gasteiger partial charge in [0, 0.05) is 47.3 Å². The molecule has 0 atom stereocenters. The summed E-state index contributed by atoms with van der Waals surface area (Å²) in [5, 5.41) is 8.02. The Labute approximate surface area is 257 Å². The van der Waals surface area contributed by atoms with Crippen LogP contribution in [0.15, 0.2) is 0 Å². The van der Waals surface area contributed by atoms with E-state index in [1.807, 2.05) is 0 Å². The van der Waals surface area contributed by atoms with Gasteiger partial charge in [-0.1, -0.05) is 52.4 Å². The van der Waals surface area contributed by atoms with Crippen LogP contribution in [-0.2, 0) is 0 Å². The van der Waals surface area contributed by atoms with Crippen molar-refractivity contribution in [3.8, 4) is 0 Å².